The van der Waals surface area contributed by atoms with Gasteiger partial charge < -0.3 is 14.8 Å². The standard InChI is InChI=1S/C33H41NO3S/c1-5-28(35)34-20-26(36-29-19-24-25-17-18-33(4,31(24)37-29)32(25,2)3)30-23(16-15-21-11-7-6-8-12-21)22-13-9-10-14-27(22)38-30/h6-14,24-26,29,31H,5,15-20H2,1-4H3,(H,34,35)/t24-,25+,26+,29-,31-,33-/m0/s1. The van der Waals surface area contributed by atoms with E-state index in [0.717, 1.165) is 19.3 Å². The number of amides is 1. The topological polar surface area (TPSA) is 47.6 Å². The third-order valence-corrected chi connectivity index (χ3v) is 11.6. The largest absolute Gasteiger partial charge is 0.353 e. The Bertz CT molecular complexity index is 1300. The summed E-state index contributed by atoms with van der Waals surface area (Å²) in [6, 6.07) is 19.4. The lowest BCUT2D eigenvalue weighted by Gasteiger charge is -2.39. The molecule has 3 fully saturated rings. The van der Waals surface area contributed by atoms with Crippen LogP contribution in [0.2, 0.25) is 0 Å². The van der Waals surface area contributed by atoms with Gasteiger partial charge >= 0.3 is 0 Å². The van der Waals surface area contributed by atoms with Gasteiger partial charge in [-0.2, -0.15) is 0 Å². The van der Waals surface area contributed by atoms with Gasteiger partial charge in [0.2, 0.25) is 5.91 Å². The van der Waals surface area contributed by atoms with Crippen LogP contribution in [0.5, 0.6) is 0 Å². The molecule has 3 aromatic rings. The van der Waals surface area contributed by atoms with E-state index in [0.29, 0.717) is 30.2 Å². The second-order valence-corrected chi connectivity index (χ2v) is 13.5. The van der Waals surface area contributed by atoms with E-state index in [-0.39, 0.29) is 29.8 Å². The highest BCUT2D eigenvalue weighted by Gasteiger charge is 2.69. The van der Waals surface area contributed by atoms with E-state index in [4.69, 9.17) is 9.47 Å². The van der Waals surface area contributed by atoms with Crippen molar-refractivity contribution in [1.29, 1.82) is 0 Å². The lowest BCUT2D eigenvalue weighted by Crippen LogP contribution is -2.38. The minimum Gasteiger partial charge on any atom is -0.353 e. The van der Waals surface area contributed by atoms with E-state index in [1.54, 1.807) is 0 Å². The van der Waals surface area contributed by atoms with Crippen LogP contribution in [0, 0.1) is 22.7 Å². The van der Waals surface area contributed by atoms with E-state index >= 15 is 0 Å². The van der Waals surface area contributed by atoms with Gasteiger partial charge in [-0.1, -0.05) is 76.2 Å². The smallest absolute Gasteiger partial charge is 0.219 e. The predicted molar refractivity (Wildman–Crippen MR) is 154 cm³/mol. The first-order valence-electron chi connectivity index (χ1n) is 14.4. The van der Waals surface area contributed by atoms with E-state index in [1.807, 2.05) is 18.3 Å². The Morgan fingerprint density at radius 3 is 2.63 bits per heavy atom. The number of aryl methyl sites for hydroxylation is 2. The van der Waals surface area contributed by atoms with Gasteiger partial charge in [-0.15, -0.1) is 11.3 Å². The summed E-state index contributed by atoms with van der Waals surface area (Å²) in [5, 5.41) is 4.44. The first-order chi connectivity index (χ1) is 18.3. The molecule has 0 radical (unpaired) electrons. The molecule has 1 aliphatic heterocycles. The number of hydrogen-bond donors (Lipinski definition) is 1. The fourth-order valence-corrected chi connectivity index (χ4v) is 9.13. The molecule has 4 nitrogen and oxygen atoms in total. The van der Waals surface area contributed by atoms with Gasteiger partial charge in [0.1, 0.15) is 6.10 Å². The number of thiophene rings is 1. The van der Waals surface area contributed by atoms with Crippen LogP contribution in [0.3, 0.4) is 0 Å². The third kappa shape index (κ3) is 4.31. The van der Waals surface area contributed by atoms with Gasteiger partial charge in [-0.3, -0.25) is 4.79 Å². The number of ether oxygens (including phenoxy) is 2. The van der Waals surface area contributed by atoms with Gasteiger partial charge in [0.25, 0.3) is 0 Å². The minimum atomic E-state index is -0.226. The molecule has 2 aromatic carbocycles. The van der Waals surface area contributed by atoms with Crippen LogP contribution in [0.4, 0.5) is 0 Å². The van der Waals surface area contributed by atoms with Crippen LogP contribution >= 0.6 is 11.3 Å². The number of benzene rings is 2. The number of carbonyl (C=O) groups is 1. The van der Waals surface area contributed by atoms with E-state index in [9.17, 15) is 4.79 Å². The van der Waals surface area contributed by atoms with Crippen LogP contribution in [0.15, 0.2) is 54.6 Å². The van der Waals surface area contributed by atoms with Crippen molar-refractivity contribution in [1.82, 2.24) is 5.32 Å². The maximum atomic E-state index is 12.3. The highest BCUT2D eigenvalue weighted by Crippen LogP contribution is 2.71. The molecule has 1 N–H and O–H groups in total. The summed E-state index contributed by atoms with van der Waals surface area (Å²) in [7, 11) is 0. The van der Waals surface area contributed by atoms with Crippen molar-refractivity contribution in [2.24, 2.45) is 22.7 Å². The molecular weight excluding hydrogens is 490 g/mol. The highest BCUT2D eigenvalue weighted by atomic mass is 32.1. The van der Waals surface area contributed by atoms with Crippen molar-refractivity contribution in [3.63, 3.8) is 0 Å². The summed E-state index contributed by atoms with van der Waals surface area (Å²) in [5.74, 6) is 1.33. The van der Waals surface area contributed by atoms with Crippen LogP contribution < -0.4 is 5.32 Å². The Morgan fingerprint density at radius 1 is 1.11 bits per heavy atom. The van der Waals surface area contributed by atoms with Crippen molar-refractivity contribution < 1.29 is 14.3 Å². The SMILES string of the molecule is CCC(=O)NC[C@@H](O[C@@H]1C[C@H]2[C@H]3CC[C@@](C)([C@H]2O1)C3(C)C)c1sc2ccccc2c1CCc1ccccc1. The minimum absolute atomic E-state index is 0.0575. The molecule has 2 aliphatic carbocycles. The average molecular weight is 532 g/mol. The summed E-state index contributed by atoms with van der Waals surface area (Å²) in [4.78, 5) is 13.6. The van der Waals surface area contributed by atoms with Crippen LogP contribution in [-0.4, -0.2) is 24.8 Å². The van der Waals surface area contributed by atoms with Crippen molar-refractivity contribution in [3.8, 4) is 0 Å². The van der Waals surface area contributed by atoms with Gasteiger partial charge in [-0.25, -0.2) is 0 Å². The molecular formula is C33H41NO3S. The first-order valence-corrected chi connectivity index (χ1v) is 15.3. The van der Waals surface area contributed by atoms with Crippen molar-refractivity contribution >= 4 is 27.3 Å². The van der Waals surface area contributed by atoms with Gasteiger partial charge in [-0.05, 0) is 70.9 Å². The summed E-state index contributed by atoms with van der Waals surface area (Å²) in [6.07, 6.45) is 5.71. The molecule has 1 saturated heterocycles. The molecule has 5 heteroatoms. The molecule has 2 heterocycles. The predicted octanol–water partition coefficient (Wildman–Crippen LogP) is 7.46. The van der Waals surface area contributed by atoms with E-state index in [2.05, 4.69) is 80.7 Å². The van der Waals surface area contributed by atoms with Gasteiger partial charge in [0.15, 0.2) is 6.29 Å². The molecule has 1 aromatic heterocycles. The van der Waals surface area contributed by atoms with Crippen LogP contribution in [-0.2, 0) is 27.1 Å². The van der Waals surface area contributed by atoms with E-state index in [1.165, 1.54) is 38.9 Å². The lowest BCUT2D eigenvalue weighted by atomic mass is 9.70. The monoisotopic (exact) mass is 531 g/mol. The lowest BCUT2D eigenvalue weighted by molar-refractivity contribution is -0.186. The molecule has 0 unspecified atom stereocenters. The molecule has 1 amide bonds. The number of fused-ring (bicyclic) bond motifs is 6. The molecule has 38 heavy (non-hydrogen) atoms. The molecule has 2 bridgehead atoms. The Labute approximate surface area is 231 Å². The molecule has 202 valence electrons. The number of hydrogen-bond acceptors (Lipinski definition) is 4. The number of nitrogens with one attached hydrogen (secondary N) is 1. The summed E-state index contributed by atoms with van der Waals surface area (Å²) in [6.45, 7) is 9.70. The summed E-state index contributed by atoms with van der Waals surface area (Å²) >= 11 is 1.81. The summed E-state index contributed by atoms with van der Waals surface area (Å²) < 4.78 is 14.9. The highest BCUT2D eigenvalue weighted by molar-refractivity contribution is 7.19. The van der Waals surface area contributed by atoms with Crippen LogP contribution in [0.25, 0.3) is 10.1 Å². The van der Waals surface area contributed by atoms with Crippen molar-refractivity contribution in [2.45, 2.75) is 84.7 Å². The second kappa shape index (κ2) is 10.1. The fraction of sp³-hybridized carbons (Fsp3) is 0.545. The molecule has 6 atom stereocenters. The molecule has 2 saturated carbocycles. The Balaban J connectivity index is 1.28. The van der Waals surface area contributed by atoms with E-state index < -0.39 is 0 Å². The molecule has 6 rings (SSSR count). The fourth-order valence-electron chi connectivity index (χ4n) is 7.84. The average Bonchev–Trinajstić information content (AvgIpc) is 3.61. The molecule has 3 aliphatic rings. The second-order valence-electron chi connectivity index (χ2n) is 12.4. The quantitative estimate of drug-likeness (QED) is 0.312. The van der Waals surface area contributed by atoms with Crippen molar-refractivity contribution in [3.05, 3.63) is 70.6 Å². The number of carbonyl (C=O) groups excluding carboxylic acids is 1. The maximum absolute atomic E-state index is 12.3. The zero-order valence-corrected chi connectivity index (χ0v) is 24.0. The number of rotatable bonds is 9. The molecule has 0 spiro atoms. The Hall–Kier alpha value is -2.21. The van der Waals surface area contributed by atoms with Gasteiger partial charge in [0, 0.05) is 29.0 Å². The third-order valence-electron chi connectivity index (χ3n) is 10.3. The summed E-state index contributed by atoms with van der Waals surface area (Å²) in [5.41, 5.74) is 3.21. The van der Waals surface area contributed by atoms with Gasteiger partial charge in [0.05, 0.1) is 6.10 Å². The van der Waals surface area contributed by atoms with Crippen LogP contribution in [0.1, 0.15) is 75.5 Å². The Morgan fingerprint density at radius 2 is 1.87 bits per heavy atom. The van der Waals surface area contributed by atoms with Crippen molar-refractivity contribution in [2.75, 3.05) is 6.54 Å². The zero-order valence-electron chi connectivity index (χ0n) is 23.2. The maximum Gasteiger partial charge on any atom is 0.219 e. The first kappa shape index (κ1) is 26.0. The normalized spacial score (nSPS) is 30.0. The Kier molecular flexibility index (Phi) is 6.90. The zero-order chi connectivity index (χ0) is 26.5.